The fraction of sp³-hybridized carbons (Fsp3) is 0.250. The molecule has 0 aliphatic heterocycles. The largest absolute Gasteiger partial charge is 0.508 e. The van der Waals surface area contributed by atoms with E-state index in [9.17, 15) is 10.2 Å². The van der Waals surface area contributed by atoms with E-state index in [-0.39, 0.29) is 11.5 Å². The maximum atomic E-state index is 9.63. The standard InChI is InChI=1S/C16H16Cl4N2O2/c1-21-15(13-9(17)3-7(23)4-10(13)18)16(22-2)14-11(19)5-8(24)6-12(14)20/h3-6,15-16,21-24H,1-2H3. The lowest BCUT2D eigenvalue weighted by molar-refractivity contribution is 0.429. The van der Waals surface area contributed by atoms with Crippen molar-refractivity contribution in [2.45, 2.75) is 12.1 Å². The number of aromatic hydroxyl groups is 2. The third-order valence-corrected chi connectivity index (χ3v) is 4.96. The highest BCUT2D eigenvalue weighted by Crippen LogP contribution is 2.43. The van der Waals surface area contributed by atoms with E-state index in [1.807, 2.05) is 0 Å². The van der Waals surface area contributed by atoms with Crippen molar-refractivity contribution in [3.63, 3.8) is 0 Å². The number of phenols is 2. The maximum absolute atomic E-state index is 9.63. The highest BCUT2D eigenvalue weighted by molar-refractivity contribution is 6.37. The molecule has 24 heavy (non-hydrogen) atoms. The third kappa shape index (κ3) is 3.85. The van der Waals surface area contributed by atoms with E-state index in [2.05, 4.69) is 10.6 Å². The molecule has 4 N–H and O–H groups in total. The molecule has 0 radical (unpaired) electrons. The highest BCUT2D eigenvalue weighted by atomic mass is 35.5. The van der Waals surface area contributed by atoms with E-state index in [0.29, 0.717) is 31.2 Å². The molecule has 0 aliphatic carbocycles. The monoisotopic (exact) mass is 408 g/mol. The first-order chi connectivity index (χ1) is 11.3. The molecule has 0 saturated carbocycles. The van der Waals surface area contributed by atoms with Gasteiger partial charge in [-0.15, -0.1) is 0 Å². The predicted molar refractivity (Wildman–Crippen MR) is 99.9 cm³/mol. The van der Waals surface area contributed by atoms with Crippen LogP contribution >= 0.6 is 46.4 Å². The van der Waals surface area contributed by atoms with Crippen LogP contribution in [0.4, 0.5) is 0 Å². The number of benzene rings is 2. The average Bonchev–Trinajstić information content (AvgIpc) is 2.46. The summed E-state index contributed by atoms with van der Waals surface area (Å²) in [5, 5.41) is 26.8. The van der Waals surface area contributed by atoms with Gasteiger partial charge in [-0.2, -0.15) is 0 Å². The Morgan fingerprint density at radius 3 is 1.12 bits per heavy atom. The van der Waals surface area contributed by atoms with Crippen LogP contribution in [0.1, 0.15) is 23.2 Å². The minimum atomic E-state index is -0.393. The molecule has 0 saturated heterocycles. The van der Waals surface area contributed by atoms with Crippen LogP contribution in [0.2, 0.25) is 20.1 Å². The predicted octanol–water partition coefficient (Wildman–Crippen LogP) is 4.93. The second-order valence-electron chi connectivity index (χ2n) is 5.18. The van der Waals surface area contributed by atoms with Crippen molar-refractivity contribution in [3.05, 3.63) is 55.5 Å². The first-order valence-electron chi connectivity index (χ1n) is 7.00. The second-order valence-corrected chi connectivity index (χ2v) is 6.81. The van der Waals surface area contributed by atoms with Crippen LogP contribution in [0.3, 0.4) is 0 Å². The third-order valence-electron chi connectivity index (χ3n) is 3.70. The molecule has 0 bridgehead atoms. The van der Waals surface area contributed by atoms with E-state index in [0.717, 1.165) is 0 Å². The Morgan fingerprint density at radius 2 is 0.917 bits per heavy atom. The van der Waals surface area contributed by atoms with E-state index < -0.39 is 12.1 Å². The Hall–Kier alpha value is -0.880. The van der Waals surface area contributed by atoms with Gasteiger partial charge in [-0.05, 0) is 38.4 Å². The van der Waals surface area contributed by atoms with Gasteiger partial charge in [0.05, 0.1) is 32.2 Å². The first kappa shape index (κ1) is 19.4. The molecule has 2 unspecified atom stereocenters. The zero-order chi connectivity index (χ0) is 18.0. The molecule has 0 spiro atoms. The van der Waals surface area contributed by atoms with Gasteiger partial charge in [0.2, 0.25) is 0 Å². The lowest BCUT2D eigenvalue weighted by Gasteiger charge is -2.30. The van der Waals surface area contributed by atoms with Crippen LogP contribution < -0.4 is 10.6 Å². The van der Waals surface area contributed by atoms with Crippen LogP contribution in [0.15, 0.2) is 24.3 Å². The van der Waals surface area contributed by atoms with Crippen molar-refractivity contribution in [2.24, 2.45) is 0 Å². The normalized spacial score (nSPS) is 13.8. The van der Waals surface area contributed by atoms with Gasteiger partial charge < -0.3 is 20.8 Å². The second kappa shape index (κ2) is 8.00. The van der Waals surface area contributed by atoms with Gasteiger partial charge in [-0.1, -0.05) is 46.4 Å². The Morgan fingerprint density at radius 1 is 0.667 bits per heavy atom. The quantitative estimate of drug-likeness (QED) is 0.565. The Bertz CT molecular complexity index is 645. The average molecular weight is 410 g/mol. The number of hydrogen-bond donors (Lipinski definition) is 4. The minimum Gasteiger partial charge on any atom is -0.508 e. The van der Waals surface area contributed by atoms with E-state index in [1.54, 1.807) is 14.1 Å². The zero-order valence-corrected chi connectivity index (χ0v) is 15.9. The lowest BCUT2D eigenvalue weighted by Crippen LogP contribution is -2.32. The number of likely N-dealkylation sites (N-methyl/N-ethyl adjacent to an activating group) is 2. The summed E-state index contributed by atoms with van der Waals surface area (Å²) in [6, 6.07) is 4.88. The van der Waals surface area contributed by atoms with Gasteiger partial charge in [0.25, 0.3) is 0 Å². The van der Waals surface area contributed by atoms with E-state index in [1.165, 1.54) is 24.3 Å². The molecule has 0 aromatic heterocycles. The zero-order valence-electron chi connectivity index (χ0n) is 12.9. The molecular weight excluding hydrogens is 394 g/mol. The minimum absolute atomic E-state index is 0.0229. The molecule has 2 aromatic carbocycles. The van der Waals surface area contributed by atoms with E-state index >= 15 is 0 Å². The maximum Gasteiger partial charge on any atom is 0.118 e. The summed E-state index contributed by atoms with van der Waals surface area (Å²) < 4.78 is 0. The SMILES string of the molecule is CNC(c1c(Cl)cc(O)cc1Cl)C(NC)c1c(Cl)cc(O)cc1Cl. The molecule has 4 nitrogen and oxygen atoms in total. The number of hydrogen-bond acceptors (Lipinski definition) is 4. The van der Waals surface area contributed by atoms with Crippen molar-refractivity contribution in [2.75, 3.05) is 14.1 Å². The van der Waals surface area contributed by atoms with E-state index in [4.69, 9.17) is 46.4 Å². The molecule has 2 rings (SSSR count). The van der Waals surface area contributed by atoms with Gasteiger partial charge in [0.15, 0.2) is 0 Å². The van der Waals surface area contributed by atoms with Crippen LogP contribution in [0.25, 0.3) is 0 Å². The van der Waals surface area contributed by atoms with Crippen molar-refractivity contribution in [3.8, 4) is 11.5 Å². The molecular formula is C16H16Cl4N2O2. The van der Waals surface area contributed by atoms with Gasteiger partial charge in [-0.25, -0.2) is 0 Å². The van der Waals surface area contributed by atoms with Crippen LogP contribution in [0.5, 0.6) is 11.5 Å². The summed E-state index contributed by atoms with van der Waals surface area (Å²) in [4.78, 5) is 0. The Labute approximate surface area is 160 Å². The van der Waals surface area contributed by atoms with Crippen molar-refractivity contribution < 1.29 is 10.2 Å². The summed E-state index contributed by atoms with van der Waals surface area (Å²) >= 11 is 25.1. The van der Waals surface area contributed by atoms with Crippen molar-refractivity contribution >= 4 is 46.4 Å². The fourth-order valence-electron chi connectivity index (χ4n) is 2.69. The van der Waals surface area contributed by atoms with Crippen LogP contribution in [-0.2, 0) is 0 Å². The van der Waals surface area contributed by atoms with Crippen LogP contribution in [-0.4, -0.2) is 24.3 Å². The topological polar surface area (TPSA) is 64.5 Å². The van der Waals surface area contributed by atoms with Gasteiger partial charge in [0, 0.05) is 11.1 Å². The molecule has 8 heteroatoms. The summed E-state index contributed by atoms with van der Waals surface area (Å²) in [5.41, 5.74) is 1.19. The Kier molecular flexibility index (Phi) is 6.48. The first-order valence-corrected chi connectivity index (χ1v) is 8.51. The summed E-state index contributed by atoms with van der Waals surface area (Å²) in [7, 11) is 3.49. The lowest BCUT2D eigenvalue weighted by atomic mass is 9.93. The molecule has 130 valence electrons. The fourth-order valence-corrected chi connectivity index (χ4v) is 4.11. The number of nitrogens with one attached hydrogen (secondary N) is 2. The van der Waals surface area contributed by atoms with Crippen LogP contribution in [0, 0.1) is 0 Å². The number of phenolic OH excluding ortho intramolecular Hbond substituents is 2. The van der Waals surface area contributed by atoms with Gasteiger partial charge in [0.1, 0.15) is 11.5 Å². The highest BCUT2D eigenvalue weighted by Gasteiger charge is 2.30. The molecule has 2 aromatic rings. The van der Waals surface area contributed by atoms with Crippen molar-refractivity contribution in [1.82, 2.24) is 10.6 Å². The Balaban J connectivity index is 2.61. The smallest absolute Gasteiger partial charge is 0.118 e. The summed E-state index contributed by atoms with van der Waals surface area (Å²) in [6.45, 7) is 0. The molecule has 2 atom stereocenters. The number of rotatable bonds is 5. The van der Waals surface area contributed by atoms with Gasteiger partial charge >= 0.3 is 0 Å². The summed E-state index contributed by atoms with van der Waals surface area (Å²) in [6.07, 6.45) is 0. The molecule has 0 amide bonds. The molecule has 0 heterocycles. The summed E-state index contributed by atoms with van der Waals surface area (Å²) in [5.74, 6) is -0.0457. The molecule has 0 aliphatic rings. The van der Waals surface area contributed by atoms with Gasteiger partial charge in [-0.3, -0.25) is 0 Å². The molecule has 0 fully saturated rings. The van der Waals surface area contributed by atoms with Crippen molar-refractivity contribution in [1.29, 1.82) is 0 Å². The number of halogens is 4.